The van der Waals surface area contributed by atoms with E-state index in [1.165, 1.54) is 0 Å². The number of aromatic nitrogens is 2. The zero-order chi connectivity index (χ0) is 19.0. The van der Waals surface area contributed by atoms with Crippen molar-refractivity contribution in [2.24, 2.45) is 0 Å². The third kappa shape index (κ3) is 3.91. The first-order valence-corrected chi connectivity index (χ1v) is 10.5. The van der Waals surface area contributed by atoms with Gasteiger partial charge in [0.2, 0.25) is 0 Å². The van der Waals surface area contributed by atoms with E-state index in [-0.39, 0.29) is 11.7 Å². The zero-order valence-corrected chi connectivity index (χ0v) is 17.3. The van der Waals surface area contributed by atoms with E-state index in [2.05, 4.69) is 22.2 Å². The van der Waals surface area contributed by atoms with Gasteiger partial charge in [0.1, 0.15) is 0 Å². The second-order valence-corrected chi connectivity index (χ2v) is 8.50. The molecule has 3 heterocycles. The van der Waals surface area contributed by atoms with Gasteiger partial charge >= 0.3 is 5.69 Å². The molecule has 2 aliphatic heterocycles. The van der Waals surface area contributed by atoms with Crippen molar-refractivity contribution < 1.29 is 0 Å². The Kier molecular flexibility index (Phi) is 5.81. The lowest BCUT2D eigenvalue weighted by molar-refractivity contribution is 0.150. The summed E-state index contributed by atoms with van der Waals surface area (Å²) in [5, 5.41) is 4.37. The molecule has 4 rings (SSSR count). The van der Waals surface area contributed by atoms with Gasteiger partial charge in [0.15, 0.2) is 0 Å². The number of nitrogens with one attached hydrogen (secondary N) is 1. The molecule has 1 aromatic heterocycles. The lowest BCUT2D eigenvalue weighted by Gasteiger charge is -2.32. The van der Waals surface area contributed by atoms with Gasteiger partial charge in [0.25, 0.3) is 0 Å². The van der Waals surface area contributed by atoms with Crippen LogP contribution in [-0.2, 0) is 6.54 Å². The second-order valence-electron chi connectivity index (χ2n) is 7.69. The van der Waals surface area contributed by atoms with Crippen LogP contribution in [-0.4, -0.2) is 71.8 Å². The summed E-state index contributed by atoms with van der Waals surface area (Å²) in [6.45, 7) is 7.67. The number of benzene rings is 1. The third-order valence-corrected chi connectivity index (χ3v) is 6.64. The number of fused-ring (bicyclic) bond motifs is 1. The van der Waals surface area contributed by atoms with Crippen molar-refractivity contribution in [3.8, 4) is 0 Å². The van der Waals surface area contributed by atoms with Crippen LogP contribution in [0, 0.1) is 0 Å². The smallest absolute Gasteiger partial charge is 0.317 e. The molecule has 2 aromatic rings. The van der Waals surface area contributed by atoms with E-state index >= 15 is 0 Å². The lowest BCUT2D eigenvalue weighted by atomic mass is 10.1. The second kappa shape index (κ2) is 8.13. The number of halogens is 2. The van der Waals surface area contributed by atoms with E-state index in [0.717, 1.165) is 69.7 Å². The summed E-state index contributed by atoms with van der Waals surface area (Å²) >= 11 is 12.6. The van der Waals surface area contributed by atoms with Crippen LogP contribution in [0.4, 0.5) is 0 Å². The summed E-state index contributed by atoms with van der Waals surface area (Å²) in [6, 6.07) is 3.92. The normalized spacial score (nSPS) is 20.6. The van der Waals surface area contributed by atoms with Crippen LogP contribution >= 0.6 is 23.2 Å². The Morgan fingerprint density at radius 1 is 1.00 bits per heavy atom. The molecule has 6 nitrogen and oxygen atoms in total. The number of hydrogen-bond acceptors (Lipinski definition) is 4. The molecule has 2 aliphatic rings. The predicted molar refractivity (Wildman–Crippen MR) is 111 cm³/mol. The van der Waals surface area contributed by atoms with Crippen LogP contribution in [0.5, 0.6) is 0 Å². The monoisotopic (exact) mass is 411 g/mol. The van der Waals surface area contributed by atoms with Crippen molar-refractivity contribution in [2.75, 3.05) is 52.9 Å². The summed E-state index contributed by atoms with van der Waals surface area (Å²) in [7, 11) is 2.15. The summed E-state index contributed by atoms with van der Waals surface area (Å²) in [5.41, 5.74) is 1.85. The number of likely N-dealkylation sites (N-methyl/N-ethyl adjacent to an activating group) is 1. The standard InChI is InChI=1S/C19H27Cl2N5O/c1-23-6-8-24(9-7-23)10-11-25-17-12-15(20)16(21)13-18(17)26(19(25)27)14-2-4-22-5-3-14/h12-14,22H,2-11H2,1H3. The van der Waals surface area contributed by atoms with E-state index in [1.807, 2.05) is 21.3 Å². The summed E-state index contributed by atoms with van der Waals surface area (Å²) < 4.78 is 3.83. The molecular formula is C19H27Cl2N5O. The van der Waals surface area contributed by atoms with Gasteiger partial charge in [-0.15, -0.1) is 0 Å². The average Bonchev–Trinajstić information content (AvgIpc) is 2.93. The molecule has 2 saturated heterocycles. The van der Waals surface area contributed by atoms with Gasteiger partial charge in [0, 0.05) is 45.3 Å². The van der Waals surface area contributed by atoms with E-state index in [9.17, 15) is 4.79 Å². The van der Waals surface area contributed by atoms with E-state index in [4.69, 9.17) is 23.2 Å². The van der Waals surface area contributed by atoms with Crippen LogP contribution in [0.25, 0.3) is 11.0 Å². The molecule has 0 unspecified atom stereocenters. The number of nitrogens with zero attached hydrogens (tertiary/aromatic N) is 4. The highest BCUT2D eigenvalue weighted by molar-refractivity contribution is 6.42. The van der Waals surface area contributed by atoms with Crippen molar-refractivity contribution in [3.05, 3.63) is 32.7 Å². The number of hydrogen-bond donors (Lipinski definition) is 1. The Bertz CT molecular complexity index is 863. The van der Waals surface area contributed by atoms with Gasteiger partial charge < -0.3 is 10.2 Å². The fourth-order valence-electron chi connectivity index (χ4n) is 4.22. The number of piperidine rings is 1. The molecule has 8 heteroatoms. The number of imidazole rings is 1. The Labute approximate surface area is 169 Å². The highest BCUT2D eigenvalue weighted by Gasteiger charge is 2.24. The third-order valence-electron chi connectivity index (χ3n) is 5.91. The lowest BCUT2D eigenvalue weighted by Crippen LogP contribution is -2.46. The average molecular weight is 412 g/mol. The van der Waals surface area contributed by atoms with Crippen LogP contribution in [0.15, 0.2) is 16.9 Å². The fourth-order valence-corrected chi connectivity index (χ4v) is 4.53. The molecular weight excluding hydrogens is 385 g/mol. The van der Waals surface area contributed by atoms with Crippen molar-refractivity contribution in [3.63, 3.8) is 0 Å². The summed E-state index contributed by atoms with van der Waals surface area (Å²) in [5.74, 6) is 0. The summed E-state index contributed by atoms with van der Waals surface area (Å²) in [6.07, 6.45) is 1.91. The fraction of sp³-hybridized carbons (Fsp3) is 0.632. The molecule has 1 aromatic carbocycles. The highest BCUT2D eigenvalue weighted by Crippen LogP contribution is 2.30. The number of rotatable bonds is 4. The van der Waals surface area contributed by atoms with Gasteiger partial charge in [0.05, 0.1) is 21.1 Å². The molecule has 0 aliphatic carbocycles. The topological polar surface area (TPSA) is 45.4 Å². The first-order chi connectivity index (χ1) is 13.0. The van der Waals surface area contributed by atoms with Crippen molar-refractivity contribution in [1.82, 2.24) is 24.3 Å². The Morgan fingerprint density at radius 2 is 1.63 bits per heavy atom. The molecule has 0 bridgehead atoms. The first kappa shape index (κ1) is 19.3. The van der Waals surface area contributed by atoms with Crippen molar-refractivity contribution in [2.45, 2.75) is 25.4 Å². The SMILES string of the molecule is CN1CCN(CCn2c(=O)n(C3CCNCC3)c3cc(Cl)c(Cl)cc32)CC1. The van der Waals surface area contributed by atoms with Crippen LogP contribution in [0.1, 0.15) is 18.9 Å². The van der Waals surface area contributed by atoms with Crippen LogP contribution in [0.3, 0.4) is 0 Å². The molecule has 0 amide bonds. The molecule has 1 N–H and O–H groups in total. The number of piperazine rings is 1. The minimum atomic E-state index is 0.0596. The van der Waals surface area contributed by atoms with Crippen LogP contribution < -0.4 is 11.0 Å². The first-order valence-electron chi connectivity index (χ1n) is 9.76. The van der Waals surface area contributed by atoms with E-state index in [1.54, 1.807) is 0 Å². The maximum atomic E-state index is 13.3. The molecule has 0 saturated carbocycles. The maximum absolute atomic E-state index is 13.3. The van der Waals surface area contributed by atoms with Crippen molar-refractivity contribution in [1.29, 1.82) is 0 Å². The molecule has 0 radical (unpaired) electrons. The zero-order valence-electron chi connectivity index (χ0n) is 15.8. The molecule has 0 atom stereocenters. The Hall–Kier alpha value is -1.05. The Balaban J connectivity index is 1.67. The van der Waals surface area contributed by atoms with Gasteiger partial charge in [-0.1, -0.05) is 23.2 Å². The van der Waals surface area contributed by atoms with E-state index in [0.29, 0.717) is 16.6 Å². The molecule has 27 heavy (non-hydrogen) atoms. The van der Waals surface area contributed by atoms with Gasteiger partial charge in [-0.05, 0) is 45.1 Å². The van der Waals surface area contributed by atoms with E-state index < -0.39 is 0 Å². The molecule has 2 fully saturated rings. The molecule has 0 spiro atoms. The minimum absolute atomic E-state index is 0.0596. The Morgan fingerprint density at radius 3 is 2.30 bits per heavy atom. The highest BCUT2D eigenvalue weighted by atomic mass is 35.5. The van der Waals surface area contributed by atoms with Crippen LogP contribution in [0.2, 0.25) is 10.0 Å². The maximum Gasteiger partial charge on any atom is 0.329 e. The van der Waals surface area contributed by atoms with Crippen molar-refractivity contribution >= 4 is 34.2 Å². The summed E-state index contributed by atoms with van der Waals surface area (Å²) in [4.78, 5) is 18.1. The van der Waals surface area contributed by atoms with Gasteiger partial charge in [-0.2, -0.15) is 0 Å². The minimum Gasteiger partial charge on any atom is -0.317 e. The quantitative estimate of drug-likeness (QED) is 0.837. The largest absolute Gasteiger partial charge is 0.329 e. The van der Waals surface area contributed by atoms with Gasteiger partial charge in [-0.3, -0.25) is 14.0 Å². The van der Waals surface area contributed by atoms with Gasteiger partial charge in [-0.25, -0.2) is 4.79 Å². The predicted octanol–water partition coefficient (Wildman–Crippen LogP) is 2.28. The molecule has 148 valence electrons.